The smallest absolute Gasteiger partial charge is 0.258 e. The zero-order chi connectivity index (χ0) is 34.1. The number of sulfonamides is 1. The summed E-state index contributed by atoms with van der Waals surface area (Å²) in [6, 6.07) is 9.22. The number of aliphatic hydroxyl groups is 1. The Balaban J connectivity index is 1.62. The van der Waals surface area contributed by atoms with E-state index in [0.717, 1.165) is 57.1 Å². The summed E-state index contributed by atoms with van der Waals surface area (Å²) in [5.41, 5.74) is 0.778. The number of carbonyl (C=O) groups excluding carboxylic acids is 2. The fourth-order valence-electron chi connectivity index (χ4n) is 6.21. The minimum atomic E-state index is -3.94. The highest BCUT2D eigenvalue weighted by molar-refractivity contribution is 7.89. The van der Waals surface area contributed by atoms with E-state index in [1.165, 1.54) is 23.5 Å². The van der Waals surface area contributed by atoms with E-state index in [4.69, 9.17) is 9.47 Å². The first-order valence-corrected chi connectivity index (χ1v) is 18.2. The number of hydrogen-bond acceptors (Lipinski definition) is 7. The van der Waals surface area contributed by atoms with Gasteiger partial charge in [0.1, 0.15) is 11.6 Å². The second-order valence-electron chi connectivity index (χ2n) is 13.1. The topological polar surface area (TPSA) is 125 Å². The quantitative estimate of drug-likeness (QED) is 0.381. The van der Waals surface area contributed by atoms with Gasteiger partial charge >= 0.3 is 0 Å². The number of aliphatic hydroxyl groups excluding tert-OH is 1. The SMILES string of the molecule is C[C@H]1CCCCO[C@@H](CN(C)S(=O)(=O)c2ccc(F)cc2)[C@@H](C)CN([C@@H](C)CO)C(=O)c2cc(NC(=O)C3CCCCC3)ccc2O1. The molecule has 1 aliphatic carbocycles. The van der Waals surface area contributed by atoms with Crippen molar-refractivity contribution in [1.29, 1.82) is 0 Å². The fraction of sp³-hybridized carbons (Fsp3) is 0.600. The molecule has 47 heavy (non-hydrogen) atoms. The Morgan fingerprint density at radius 3 is 2.43 bits per heavy atom. The molecule has 0 aromatic heterocycles. The van der Waals surface area contributed by atoms with Gasteiger partial charge in [-0.15, -0.1) is 0 Å². The van der Waals surface area contributed by atoms with E-state index in [1.807, 2.05) is 13.8 Å². The average Bonchev–Trinajstić information content (AvgIpc) is 3.06. The number of likely N-dealkylation sites (N-methyl/N-ethyl adjacent to an activating group) is 1. The number of benzene rings is 2. The van der Waals surface area contributed by atoms with Crippen LogP contribution in [0.1, 0.15) is 82.5 Å². The first kappa shape index (κ1) is 36.8. The number of nitrogens with zero attached hydrogens (tertiary/aromatic N) is 2. The Morgan fingerprint density at radius 1 is 1.06 bits per heavy atom. The maximum Gasteiger partial charge on any atom is 0.258 e. The largest absolute Gasteiger partial charge is 0.490 e. The van der Waals surface area contributed by atoms with Crippen LogP contribution < -0.4 is 10.1 Å². The molecule has 1 fully saturated rings. The average molecular weight is 676 g/mol. The molecule has 10 nitrogen and oxygen atoms in total. The number of halogens is 1. The predicted octanol–water partition coefficient (Wildman–Crippen LogP) is 5.46. The van der Waals surface area contributed by atoms with Crippen molar-refractivity contribution in [3.63, 3.8) is 0 Å². The minimum absolute atomic E-state index is 0.00383. The van der Waals surface area contributed by atoms with E-state index in [-0.39, 0.29) is 59.9 Å². The highest BCUT2D eigenvalue weighted by atomic mass is 32.2. The van der Waals surface area contributed by atoms with Gasteiger partial charge in [-0.1, -0.05) is 26.2 Å². The van der Waals surface area contributed by atoms with Crippen LogP contribution in [0.15, 0.2) is 47.4 Å². The normalized spacial score (nSPS) is 23.0. The summed E-state index contributed by atoms with van der Waals surface area (Å²) >= 11 is 0. The van der Waals surface area contributed by atoms with Crippen molar-refractivity contribution in [3.05, 3.63) is 53.8 Å². The van der Waals surface area contributed by atoms with Gasteiger partial charge in [-0.25, -0.2) is 12.8 Å². The molecule has 0 saturated heterocycles. The second-order valence-corrected chi connectivity index (χ2v) is 15.1. The van der Waals surface area contributed by atoms with Gasteiger partial charge < -0.3 is 24.8 Å². The first-order chi connectivity index (χ1) is 22.4. The number of anilines is 1. The molecule has 1 saturated carbocycles. The summed E-state index contributed by atoms with van der Waals surface area (Å²) < 4.78 is 53.9. The fourth-order valence-corrected chi connectivity index (χ4v) is 7.39. The van der Waals surface area contributed by atoms with Gasteiger partial charge in [0.2, 0.25) is 15.9 Å². The molecule has 1 aliphatic heterocycles. The van der Waals surface area contributed by atoms with Crippen LogP contribution in [0.2, 0.25) is 0 Å². The Kier molecular flexibility index (Phi) is 13.2. The van der Waals surface area contributed by atoms with E-state index in [1.54, 1.807) is 30.0 Å². The van der Waals surface area contributed by atoms with Crippen LogP contribution in [0.3, 0.4) is 0 Å². The van der Waals surface area contributed by atoms with Gasteiger partial charge in [-0.05, 0) is 88.4 Å². The molecule has 2 aromatic carbocycles. The second kappa shape index (κ2) is 16.9. The maximum absolute atomic E-state index is 14.3. The van der Waals surface area contributed by atoms with Crippen LogP contribution in [0.5, 0.6) is 5.75 Å². The van der Waals surface area contributed by atoms with Crippen molar-refractivity contribution in [2.24, 2.45) is 11.8 Å². The molecule has 0 radical (unpaired) electrons. The monoisotopic (exact) mass is 675 g/mol. The maximum atomic E-state index is 14.3. The molecular weight excluding hydrogens is 625 g/mol. The molecule has 0 spiro atoms. The molecule has 4 rings (SSSR count). The summed E-state index contributed by atoms with van der Waals surface area (Å²) in [4.78, 5) is 28.9. The molecule has 0 unspecified atom stereocenters. The minimum Gasteiger partial charge on any atom is -0.490 e. The van der Waals surface area contributed by atoms with E-state index in [9.17, 15) is 27.5 Å². The molecule has 2 N–H and O–H groups in total. The molecule has 2 aliphatic rings. The van der Waals surface area contributed by atoms with E-state index in [2.05, 4.69) is 5.32 Å². The lowest BCUT2D eigenvalue weighted by Gasteiger charge is -2.35. The lowest BCUT2D eigenvalue weighted by molar-refractivity contribution is -0.120. The third-order valence-electron chi connectivity index (χ3n) is 9.25. The van der Waals surface area contributed by atoms with Crippen LogP contribution in [-0.4, -0.2) is 86.1 Å². The van der Waals surface area contributed by atoms with Crippen molar-refractivity contribution in [2.75, 3.05) is 38.7 Å². The van der Waals surface area contributed by atoms with Crippen LogP contribution in [0.25, 0.3) is 0 Å². The van der Waals surface area contributed by atoms with Gasteiger partial charge in [0.25, 0.3) is 5.91 Å². The van der Waals surface area contributed by atoms with Crippen molar-refractivity contribution in [2.45, 2.75) is 95.3 Å². The number of fused-ring (bicyclic) bond motifs is 1. The molecule has 1 heterocycles. The number of carbonyl (C=O) groups is 2. The van der Waals surface area contributed by atoms with E-state index in [0.29, 0.717) is 24.5 Å². The Hall–Kier alpha value is -3.06. The standard InChI is InChI=1S/C35H50FN3O7S/c1-24-21-39(25(2)23-40)35(42)31-20-29(37-34(41)27-11-6-5-7-12-27)15-18-32(31)46-26(3)10-8-9-19-45-33(24)22-38(4)47(43,44)30-16-13-28(36)14-17-30/h13-18,20,24-27,33,40H,5-12,19,21-23H2,1-4H3,(H,37,41)/t24-,25-,26-,33-/m0/s1. The Labute approximate surface area is 278 Å². The lowest BCUT2D eigenvalue weighted by atomic mass is 9.88. The third kappa shape index (κ3) is 9.74. The Morgan fingerprint density at radius 2 is 1.74 bits per heavy atom. The van der Waals surface area contributed by atoms with Gasteiger partial charge in [-0.3, -0.25) is 9.59 Å². The molecule has 0 bridgehead atoms. The zero-order valence-corrected chi connectivity index (χ0v) is 28.8. The number of hydrogen-bond donors (Lipinski definition) is 2. The van der Waals surface area contributed by atoms with Gasteiger partial charge in [0, 0.05) is 44.3 Å². The number of ether oxygens (including phenoxy) is 2. The van der Waals surface area contributed by atoms with Gasteiger partial charge in [0.05, 0.1) is 35.3 Å². The highest BCUT2D eigenvalue weighted by Crippen LogP contribution is 2.30. The summed E-state index contributed by atoms with van der Waals surface area (Å²) in [5, 5.41) is 13.2. The zero-order valence-electron chi connectivity index (χ0n) is 28.0. The van der Waals surface area contributed by atoms with E-state index < -0.39 is 28.0 Å². The summed E-state index contributed by atoms with van der Waals surface area (Å²) in [7, 11) is -2.48. The van der Waals surface area contributed by atoms with Gasteiger partial charge in [-0.2, -0.15) is 4.31 Å². The molecule has 12 heteroatoms. The van der Waals surface area contributed by atoms with Gasteiger partial charge in [0.15, 0.2) is 0 Å². The van der Waals surface area contributed by atoms with Crippen LogP contribution in [0, 0.1) is 17.7 Å². The van der Waals surface area contributed by atoms with Crippen molar-refractivity contribution in [3.8, 4) is 5.75 Å². The Bertz CT molecular complexity index is 1450. The lowest BCUT2D eigenvalue weighted by Crippen LogP contribution is -2.48. The molecule has 4 atom stereocenters. The first-order valence-electron chi connectivity index (χ1n) is 16.8. The summed E-state index contributed by atoms with van der Waals surface area (Å²) in [6.45, 7) is 5.82. The van der Waals surface area contributed by atoms with Crippen LogP contribution in [-0.2, 0) is 19.6 Å². The molecule has 260 valence electrons. The summed E-state index contributed by atoms with van der Waals surface area (Å²) in [6.07, 6.45) is 6.29. The van der Waals surface area contributed by atoms with E-state index >= 15 is 0 Å². The third-order valence-corrected chi connectivity index (χ3v) is 11.1. The van der Waals surface area contributed by atoms with Crippen molar-refractivity contribution >= 4 is 27.5 Å². The van der Waals surface area contributed by atoms with Crippen molar-refractivity contribution in [1.82, 2.24) is 9.21 Å². The number of nitrogens with one attached hydrogen (secondary N) is 1. The summed E-state index contributed by atoms with van der Waals surface area (Å²) in [5.74, 6) is -0.968. The highest BCUT2D eigenvalue weighted by Gasteiger charge is 2.33. The van der Waals surface area contributed by atoms with Crippen LogP contribution >= 0.6 is 0 Å². The number of rotatable bonds is 8. The molecule has 2 aromatic rings. The van der Waals surface area contributed by atoms with Crippen molar-refractivity contribution < 1.29 is 37.0 Å². The molecule has 2 amide bonds. The molecular formula is C35H50FN3O7S. The van der Waals surface area contributed by atoms with Crippen LogP contribution in [0.4, 0.5) is 10.1 Å². The number of amides is 2. The predicted molar refractivity (Wildman–Crippen MR) is 178 cm³/mol.